The molecule has 0 fully saturated rings. The molecule has 0 aliphatic carbocycles. The van der Waals surface area contributed by atoms with E-state index in [1.54, 1.807) is 12.4 Å². The molecule has 3 heteroatoms. The van der Waals surface area contributed by atoms with E-state index in [-0.39, 0.29) is 5.78 Å². The van der Waals surface area contributed by atoms with Crippen LogP contribution in [0.4, 0.5) is 0 Å². The van der Waals surface area contributed by atoms with E-state index < -0.39 is 0 Å². The molecule has 0 saturated heterocycles. The molecule has 0 bridgehead atoms. The van der Waals surface area contributed by atoms with E-state index in [0.717, 1.165) is 12.8 Å². The summed E-state index contributed by atoms with van der Waals surface area (Å²) in [4.78, 5) is 18.2. The molecule has 1 unspecified atom stereocenters. The monoisotopic (exact) mass is 180 g/mol. The maximum absolute atomic E-state index is 11.5. The van der Waals surface area contributed by atoms with Crippen molar-refractivity contribution < 1.29 is 4.79 Å². The second kappa shape index (κ2) is 4.80. The molecular formula is C10H16N2O. The standard InChI is InChI=1S/C10H16N2O/c1-3-4-8(2)7-9(13)10-11-5-6-12-10/h5-6,8H,3-4,7H2,1-2H3,(H,11,12). The van der Waals surface area contributed by atoms with Crippen molar-refractivity contribution in [3.8, 4) is 0 Å². The fourth-order valence-corrected chi connectivity index (χ4v) is 1.43. The van der Waals surface area contributed by atoms with E-state index in [1.807, 2.05) is 0 Å². The molecule has 3 nitrogen and oxygen atoms in total. The maximum Gasteiger partial charge on any atom is 0.198 e. The van der Waals surface area contributed by atoms with Crippen LogP contribution in [-0.4, -0.2) is 15.8 Å². The number of carbonyl (C=O) groups excluding carboxylic acids is 1. The van der Waals surface area contributed by atoms with E-state index in [9.17, 15) is 4.79 Å². The highest BCUT2D eigenvalue weighted by atomic mass is 16.1. The Labute approximate surface area is 78.6 Å². The van der Waals surface area contributed by atoms with Crippen LogP contribution in [0.15, 0.2) is 12.4 Å². The van der Waals surface area contributed by atoms with Gasteiger partial charge in [0.1, 0.15) is 0 Å². The molecule has 13 heavy (non-hydrogen) atoms. The first-order chi connectivity index (χ1) is 6.24. The second-order valence-electron chi connectivity index (χ2n) is 3.46. The summed E-state index contributed by atoms with van der Waals surface area (Å²) in [6.07, 6.45) is 6.12. The number of H-pyrrole nitrogens is 1. The number of aromatic nitrogens is 2. The molecule has 0 radical (unpaired) electrons. The maximum atomic E-state index is 11.5. The van der Waals surface area contributed by atoms with Crippen LogP contribution in [0.5, 0.6) is 0 Å². The minimum atomic E-state index is 0.117. The lowest BCUT2D eigenvalue weighted by Crippen LogP contribution is -2.07. The topological polar surface area (TPSA) is 45.8 Å². The van der Waals surface area contributed by atoms with Gasteiger partial charge in [-0.15, -0.1) is 0 Å². The van der Waals surface area contributed by atoms with Crippen LogP contribution >= 0.6 is 0 Å². The Morgan fingerprint density at radius 2 is 2.46 bits per heavy atom. The average Bonchev–Trinajstić information content (AvgIpc) is 2.55. The molecule has 1 aromatic rings. The Kier molecular flexibility index (Phi) is 3.68. The van der Waals surface area contributed by atoms with Gasteiger partial charge in [-0.2, -0.15) is 0 Å². The summed E-state index contributed by atoms with van der Waals surface area (Å²) in [6.45, 7) is 4.23. The lowest BCUT2D eigenvalue weighted by atomic mass is 9.99. The molecule has 0 aliphatic rings. The Balaban J connectivity index is 2.42. The van der Waals surface area contributed by atoms with Gasteiger partial charge in [-0.1, -0.05) is 26.7 Å². The van der Waals surface area contributed by atoms with Gasteiger partial charge in [-0.3, -0.25) is 4.79 Å². The number of hydrogen-bond acceptors (Lipinski definition) is 2. The molecule has 0 spiro atoms. The van der Waals surface area contributed by atoms with Gasteiger partial charge in [0.25, 0.3) is 0 Å². The smallest absolute Gasteiger partial charge is 0.198 e. The van der Waals surface area contributed by atoms with Gasteiger partial charge < -0.3 is 4.98 Å². The summed E-state index contributed by atoms with van der Waals surface area (Å²) in [6, 6.07) is 0. The molecule has 1 N–H and O–H groups in total. The van der Waals surface area contributed by atoms with E-state index in [2.05, 4.69) is 23.8 Å². The van der Waals surface area contributed by atoms with Crippen molar-refractivity contribution in [1.29, 1.82) is 0 Å². The van der Waals surface area contributed by atoms with Crippen LogP contribution in [-0.2, 0) is 0 Å². The average molecular weight is 180 g/mol. The van der Waals surface area contributed by atoms with Crippen LogP contribution in [0.2, 0.25) is 0 Å². The zero-order valence-electron chi connectivity index (χ0n) is 8.21. The number of carbonyl (C=O) groups is 1. The van der Waals surface area contributed by atoms with Crippen molar-refractivity contribution in [3.05, 3.63) is 18.2 Å². The molecule has 0 saturated carbocycles. The number of hydrogen-bond donors (Lipinski definition) is 1. The molecule has 0 aromatic carbocycles. The fourth-order valence-electron chi connectivity index (χ4n) is 1.43. The van der Waals surface area contributed by atoms with Gasteiger partial charge in [0.15, 0.2) is 11.6 Å². The number of nitrogens with zero attached hydrogens (tertiary/aromatic N) is 1. The summed E-state index contributed by atoms with van der Waals surface area (Å²) in [5.74, 6) is 1.07. The molecule has 1 heterocycles. The van der Waals surface area contributed by atoms with Gasteiger partial charge in [0, 0.05) is 18.8 Å². The highest BCUT2D eigenvalue weighted by Gasteiger charge is 2.11. The zero-order valence-corrected chi connectivity index (χ0v) is 8.21. The van der Waals surface area contributed by atoms with E-state index in [4.69, 9.17) is 0 Å². The van der Waals surface area contributed by atoms with Crippen molar-refractivity contribution in [2.75, 3.05) is 0 Å². The van der Waals surface area contributed by atoms with Gasteiger partial charge >= 0.3 is 0 Å². The van der Waals surface area contributed by atoms with Crippen molar-refractivity contribution in [3.63, 3.8) is 0 Å². The van der Waals surface area contributed by atoms with Crippen LogP contribution in [0.25, 0.3) is 0 Å². The molecule has 0 aliphatic heterocycles. The Morgan fingerprint density at radius 3 is 3.00 bits per heavy atom. The van der Waals surface area contributed by atoms with Crippen molar-refractivity contribution in [2.45, 2.75) is 33.1 Å². The summed E-state index contributed by atoms with van der Waals surface area (Å²) in [5.41, 5.74) is 0. The number of nitrogens with one attached hydrogen (secondary N) is 1. The van der Waals surface area contributed by atoms with Crippen molar-refractivity contribution in [2.24, 2.45) is 5.92 Å². The first-order valence-electron chi connectivity index (χ1n) is 4.76. The van der Waals surface area contributed by atoms with Crippen LogP contribution in [0.1, 0.15) is 43.7 Å². The minimum Gasteiger partial charge on any atom is -0.342 e. The Morgan fingerprint density at radius 1 is 1.69 bits per heavy atom. The third-order valence-corrected chi connectivity index (χ3v) is 2.08. The lowest BCUT2D eigenvalue weighted by Gasteiger charge is -2.06. The zero-order chi connectivity index (χ0) is 9.68. The molecule has 72 valence electrons. The predicted molar refractivity (Wildman–Crippen MR) is 51.6 cm³/mol. The highest BCUT2D eigenvalue weighted by molar-refractivity contribution is 5.92. The van der Waals surface area contributed by atoms with Crippen molar-refractivity contribution in [1.82, 2.24) is 9.97 Å². The second-order valence-corrected chi connectivity index (χ2v) is 3.46. The molecular weight excluding hydrogens is 164 g/mol. The summed E-state index contributed by atoms with van der Waals surface area (Å²) >= 11 is 0. The van der Waals surface area contributed by atoms with Crippen LogP contribution < -0.4 is 0 Å². The quantitative estimate of drug-likeness (QED) is 0.707. The summed E-state index contributed by atoms with van der Waals surface area (Å²) < 4.78 is 0. The first kappa shape index (κ1) is 9.96. The lowest BCUT2D eigenvalue weighted by molar-refractivity contribution is 0.0953. The predicted octanol–water partition coefficient (Wildman–Crippen LogP) is 2.42. The van der Waals surface area contributed by atoms with Gasteiger partial charge in [-0.25, -0.2) is 4.98 Å². The number of Topliss-reactive ketones (excluding diaryl/α,β-unsaturated/α-hetero) is 1. The minimum absolute atomic E-state index is 0.117. The number of aromatic amines is 1. The van der Waals surface area contributed by atoms with Crippen LogP contribution in [0, 0.1) is 5.92 Å². The largest absolute Gasteiger partial charge is 0.342 e. The summed E-state index contributed by atoms with van der Waals surface area (Å²) in [7, 11) is 0. The molecule has 1 rings (SSSR count). The van der Waals surface area contributed by atoms with Gasteiger partial charge in [-0.05, 0) is 5.92 Å². The van der Waals surface area contributed by atoms with E-state index in [1.165, 1.54) is 0 Å². The fraction of sp³-hybridized carbons (Fsp3) is 0.600. The Hall–Kier alpha value is -1.12. The number of ketones is 1. The Bertz CT molecular complexity index is 254. The van der Waals surface area contributed by atoms with E-state index in [0.29, 0.717) is 18.2 Å². The van der Waals surface area contributed by atoms with Gasteiger partial charge in [0.05, 0.1) is 0 Å². The third kappa shape index (κ3) is 3.01. The first-order valence-corrected chi connectivity index (χ1v) is 4.76. The highest BCUT2D eigenvalue weighted by Crippen LogP contribution is 2.12. The summed E-state index contributed by atoms with van der Waals surface area (Å²) in [5, 5.41) is 0. The molecule has 0 amide bonds. The number of rotatable bonds is 5. The van der Waals surface area contributed by atoms with Crippen LogP contribution in [0.3, 0.4) is 0 Å². The normalized spacial score (nSPS) is 12.8. The van der Waals surface area contributed by atoms with E-state index >= 15 is 0 Å². The number of imidazole rings is 1. The van der Waals surface area contributed by atoms with Crippen molar-refractivity contribution >= 4 is 5.78 Å². The molecule has 1 aromatic heterocycles. The third-order valence-electron chi connectivity index (χ3n) is 2.08. The van der Waals surface area contributed by atoms with Gasteiger partial charge in [0.2, 0.25) is 0 Å². The molecule has 1 atom stereocenters. The SMILES string of the molecule is CCCC(C)CC(=O)c1ncc[nH]1.